The summed E-state index contributed by atoms with van der Waals surface area (Å²) >= 11 is 0. The topological polar surface area (TPSA) is 48.4 Å². The van der Waals surface area contributed by atoms with Crippen LogP contribution in [0, 0.1) is 6.92 Å². The van der Waals surface area contributed by atoms with Gasteiger partial charge in [0.05, 0.1) is 0 Å². The largest absolute Gasteiger partial charge is 0.353 e. The highest BCUT2D eigenvalue weighted by Crippen LogP contribution is 2.37. The molecule has 29 heavy (non-hydrogen) atoms. The number of fused-ring (bicyclic) bond motifs is 1. The summed E-state index contributed by atoms with van der Waals surface area (Å²) in [5.41, 5.74) is 3.67. The average Bonchev–Trinajstić information content (AvgIpc) is 3.10. The van der Waals surface area contributed by atoms with E-state index in [9.17, 15) is 0 Å². The third-order valence-corrected chi connectivity index (χ3v) is 5.82. The minimum Gasteiger partial charge on any atom is -0.353 e. The number of hydrogen-bond acceptors (Lipinski definition) is 6. The first-order chi connectivity index (χ1) is 14.2. The Morgan fingerprint density at radius 3 is 2.41 bits per heavy atom. The molecule has 2 aliphatic heterocycles. The zero-order valence-electron chi connectivity index (χ0n) is 17.0. The van der Waals surface area contributed by atoms with Crippen LogP contribution in [-0.4, -0.2) is 47.2 Å². The second kappa shape index (κ2) is 7.35. The van der Waals surface area contributed by atoms with E-state index in [1.807, 2.05) is 18.3 Å². The SMILES string of the molecule is Cc1cc(N2c3ccccc3CC2C)nc(N2CCN(c3ccccn3)CC2)n1. The predicted octanol–water partition coefficient (Wildman–Crippen LogP) is 3.59. The highest BCUT2D eigenvalue weighted by atomic mass is 15.4. The molecule has 1 saturated heterocycles. The normalized spacial score (nSPS) is 18.8. The number of pyridine rings is 1. The van der Waals surface area contributed by atoms with Gasteiger partial charge in [-0.25, -0.2) is 9.97 Å². The summed E-state index contributed by atoms with van der Waals surface area (Å²) in [6, 6.07) is 17.2. The number of benzene rings is 1. The second-order valence-corrected chi connectivity index (χ2v) is 7.88. The van der Waals surface area contributed by atoms with Crippen molar-refractivity contribution in [1.29, 1.82) is 0 Å². The number of anilines is 4. The Labute approximate surface area is 171 Å². The van der Waals surface area contributed by atoms with Crippen LogP contribution in [0.25, 0.3) is 0 Å². The lowest BCUT2D eigenvalue weighted by Crippen LogP contribution is -2.47. The Morgan fingerprint density at radius 1 is 0.862 bits per heavy atom. The van der Waals surface area contributed by atoms with E-state index >= 15 is 0 Å². The van der Waals surface area contributed by atoms with Crippen molar-refractivity contribution < 1.29 is 0 Å². The van der Waals surface area contributed by atoms with E-state index < -0.39 is 0 Å². The van der Waals surface area contributed by atoms with Gasteiger partial charge >= 0.3 is 0 Å². The van der Waals surface area contributed by atoms with Gasteiger partial charge in [0.15, 0.2) is 0 Å². The third-order valence-electron chi connectivity index (χ3n) is 5.82. The summed E-state index contributed by atoms with van der Waals surface area (Å²) < 4.78 is 0. The molecule has 0 amide bonds. The standard InChI is InChI=1S/C23H26N6/c1-17-15-22(29-18(2)16-19-7-3-4-8-20(19)29)26-23(25-17)28-13-11-27(12-14-28)21-9-5-6-10-24-21/h3-10,15,18H,11-14,16H2,1-2H3. The smallest absolute Gasteiger partial charge is 0.227 e. The molecule has 1 fully saturated rings. The number of aryl methyl sites for hydroxylation is 1. The fraction of sp³-hybridized carbons (Fsp3) is 0.348. The predicted molar refractivity (Wildman–Crippen MR) is 117 cm³/mol. The molecule has 3 aromatic rings. The van der Waals surface area contributed by atoms with Crippen molar-refractivity contribution in [2.24, 2.45) is 0 Å². The molecule has 5 rings (SSSR count). The third kappa shape index (κ3) is 3.39. The Hall–Kier alpha value is -3.15. The van der Waals surface area contributed by atoms with E-state index in [0.717, 1.165) is 55.9 Å². The first-order valence-electron chi connectivity index (χ1n) is 10.3. The molecule has 2 aromatic heterocycles. The Balaban J connectivity index is 1.38. The highest BCUT2D eigenvalue weighted by molar-refractivity contribution is 5.69. The molecule has 6 nitrogen and oxygen atoms in total. The van der Waals surface area contributed by atoms with Gasteiger partial charge in [0.1, 0.15) is 11.6 Å². The Kier molecular flexibility index (Phi) is 4.54. The maximum absolute atomic E-state index is 4.99. The van der Waals surface area contributed by atoms with E-state index in [1.165, 1.54) is 11.3 Å². The minimum atomic E-state index is 0.399. The Morgan fingerprint density at radius 2 is 1.62 bits per heavy atom. The van der Waals surface area contributed by atoms with Gasteiger partial charge in [-0.2, -0.15) is 4.98 Å². The second-order valence-electron chi connectivity index (χ2n) is 7.88. The lowest BCUT2D eigenvalue weighted by Gasteiger charge is -2.36. The number of para-hydroxylation sites is 1. The first-order valence-corrected chi connectivity index (χ1v) is 10.3. The molecule has 1 unspecified atom stereocenters. The molecule has 0 spiro atoms. The van der Waals surface area contributed by atoms with Gasteiger partial charge in [0.2, 0.25) is 5.95 Å². The molecular weight excluding hydrogens is 360 g/mol. The monoisotopic (exact) mass is 386 g/mol. The Bertz CT molecular complexity index is 997. The van der Waals surface area contributed by atoms with Crippen LogP contribution in [0.15, 0.2) is 54.7 Å². The van der Waals surface area contributed by atoms with Crippen LogP contribution in [0.4, 0.5) is 23.3 Å². The molecule has 0 N–H and O–H groups in total. The molecule has 0 aliphatic carbocycles. The van der Waals surface area contributed by atoms with Gasteiger partial charge in [0.25, 0.3) is 0 Å². The minimum absolute atomic E-state index is 0.399. The first kappa shape index (κ1) is 17.9. The van der Waals surface area contributed by atoms with E-state index in [4.69, 9.17) is 9.97 Å². The van der Waals surface area contributed by atoms with Crippen LogP contribution < -0.4 is 14.7 Å². The fourth-order valence-corrected chi connectivity index (χ4v) is 4.39. The van der Waals surface area contributed by atoms with E-state index in [0.29, 0.717) is 6.04 Å². The van der Waals surface area contributed by atoms with Crippen molar-refractivity contribution in [3.63, 3.8) is 0 Å². The molecule has 0 radical (unpaired) electrons. The summed E-state index contributed by atoms with van der Waals surface area (Å²) in [5, 5.41) is 0. The molecule has 0 saturated carbocycles. The van der Waals surface area contributed by atoms with Gasteiger partial charge in [0, 0.05) is 55.9 Å². The quantitative estimate of drug-likeness (QED) is 0.686. The summed E-state index contributed by atoms with van der Waals surface area (Å²) in [6.07, 6.45) is 2.91. The van der Waals surface area contributed by atoms with Crippen molar-refractivity contribution in [2.45, 2.75) is 26.3 Å². The van der Waals surface area contributed by atoms with Crippen LogP contribution in [0.5, 0.6) is 0 Å². The van der Waals surface area contributed by atoms with Crippen LogP contribution in [0.1, 0.15) is 18.2 Å². The molecule has 0 bridgehead atoms. The van der Waals surface area contributed by atoms with Gasteiger partial charge < -0.3 is 14.7 Å². The summed E-state index contributed by atoms with van der Waals surface area (Å²) in [4.78, 5) is 21.2. The maximum atomic E-state index is 4.99. The molecule has 148 valence electrons. The summed E-state index contributed by atoms with van der Waals surface area (Å²) in [5.74, 6) is 2.87. The molecule has 4 heterocycles. The molecule has 1 atom stereocenters. The van der Waals surface area contributed by atoms with Crippen LogP contribution in [-0.2, 0) is 6.42 Å². The average molecular weight is 387 g/mol. The summed E-state index contributed by atoms with van der Waals surface area (Å²) in [6.45, 7) is 7.96. The van der Waals surface area contributed by atoms with Crippen molar-refractivity contribution in [1.82, 2.24) is 15.0 Å². The van der Waals surface area contributed by atoms with Gasteiger partial charge in [-0.15, -0.1) is 0 Å². The highest BCUT2D eigenvalue weighted by Gasteiger charge is 2.29. The van der Waals surface area contributed by atoms with Crippen LogP contribution >= 0.6 is 0 Å². The van der Waals surface area contributed by atoms with Crippen molar-refractivity contribution in [2.75, 3.05) is 40.9 Å². The van der Waals surface area contributed by atoms with E-state index in [1.54, 1.807) is 0 Å². The zero-order valence-corrected chi connectivity index (χ0v) is 17.0. The van der Waals surface area contributed by atoms with Crippen molar-refractivity contribution >= 4 is 23.3 Å². The lowest BCUT2D eigenvalue weighted by molar-refractivity contribution is 0.632. The number of hydrogen-bond donors (Lipinski definition) is 0. The number of nitrogens with zero attached hydrogens (tertiary/aromatic N) is 6. The molecular formula is C23H26N6. The molecule has 6 heteroatoms. The number of aromatic nitrogens is 3. The number of rotatable bonds is 3. The number of piperazine rings is 1. The van der Waals surface area contributed by atoms with Crippen LogP contribution in [0.3, 0.4) is 0 Å². The van der Waals surface area contributed by atoms with Gasteiger partial charge in [-0.3, -0.25) is 0 Å². The van der Waals surface area contributed by atoms with Crippen molar-refractivity contribution in [3.8, 4) is 0 Å². The lowest BCUT2D eigenvalue weighted by atomic mass is 10.1. The summed E-state index contributed by atoms with van der Waals surface area (Å²) in [7, 11) is 0. The van der Waals surface area contributed by atoms with Crippen LogP contribution in [0.2, 0.25) is 0 Å². The fourth-order valence-electron chi connectivity index (χ4n) is 4.39. The zero-order chi connectivity index (χ0) is 19.8. The van der Waals surface area contributed by atoms with Gasteiger partial charge in [-0.1, -0.05) is 24.3 Å². The van der Waals surface area contributed by atoms with E-state index in [-0.39, 0.29) is 0 Å². The van der Waals surface area contributed by atoms with Crippen molar-refractivity contribution in [3.05, 3.63) is 66.0 Å². The van der Waals surface area contributed by atoms with Gasteiger partial charge in [-0.05, 0) is 44.0 Å². The maximum Gasteiger partial charge on any atom is 0.227 e. The van der Waals surface area contributed by atoms with E-state index in [2.05, 4.69) is 69.9 Å². The molecule has 2 aliphatic rings. The molecule has 1 aromatic carbocycles.